The molecule has 0 aliphatic rings. The Morgan fingerprint density at radius 1 is 1.33 bits per heavy atom. The Kier molecular flexibility index (Phi) is 2.68. The molecule has 0 spiro atoms. The van der Waals surface area contributed by atoms with Crippen LogP contribution >= 0.6 is 15.9 Å². The lowest BCUT2D eigenvalue weighted by atomic mass is 10.1. The number of aldehydes is 1. The molecule has 2 rings (SSSR count). The molecule has 0 aliphatic heterocycles. The summed E-state index contributed by atoms with van der Waals surface area (Å²) in [5.74, 6) is 0.768. The maximum Gasteiger partial charge on any atom is 0.195 e. The molecule has 76 valence electrons. The van der Waals surface area contributed by atoms with Crippen molar-refractivity contribution in [1.29, 1.82) is 0 Å². The molecule has 0 unspecified atom stereocenters. The minimum atomic E-state index is 0.273. The van der Waals surface area contributed by atoms with Crippen LogP contribution in [0.4, 0.5) is 0 Å². The molecule has 0 N–H and O–H groups in total. The van der Waals surface area contributed by atoms with E-state index in [0.29, 0.717) is 17.9 Å². The van der Waals surface area contributed by atoms with Gasteiger partial charge in [0.25, 0.3) is 0 Å². The van der Waals surface area contributed by atoms with Crippen LogP contribution in [0.15, 0.2) is 33.2 Å². The predicted octanol–water partition coefficient (Wildman–Crippen LogP) is 3.23. The van der Waals surface area contributed by atoms with Crippen LogP contribution in [-0.4, -0.2) is 11.3 Å². The van der Waals surface area contributed by atoms with Crippen molar-refractivity contribution in [2.24, 2.45) is 0 Å². The number of carbonyl (C=O) groups excluding carboxylic acids is 1. The Morgan fingerprint density at radius 2 is 2.00 bits per heavy atom. The largest absolute Gasteiger partial charge is 0.438 e. The minimum absolute atomic E-state index is 0.273. The monoisotopic (exact) mass is 265 g/mol. The van der Waals surface area contributed by atoms with Gasteiger partial charge in [0, 0.05) is 17.0 Å². The van der Waals surface area contributed by atoms with E-state index >= 15 is 0 Å². The summed E-state index contributed by atoms with van der Waals surface area (Å²) >= 11 is 3.35. The highest BCUT2D eigenvalue weighted by Gasteiger charge is 2.11. The van der Waals surface area contributed by atoms with Gasteiger partial charge in [-0.15, -0.1) is 0 Å². The molecule has 0 bridgehead atoms. The number of halogens is 1. The Labute approximate surface area is 95.3 Å². The molecular formula is C11H8BrNO2. The van der Waals surface area contributed by atoms with E-state index in [2.05, 4.69) is 20.9 Å². The summed E-state index contributed by atoms with van der Waals surface area (Å²) in [6.45, 7) is 1.72. The van der Waals surface area contributed by atoms with Crippen LogP contribution in [0.3, 0.4) is 0 Å². The number of oxazole rings is 1. The van der Waals surface area contributed by atoms with Crippen molar-refractivity contribution in [2.45, 2.75) is 6.92 Å². The molecule has 3 nitrogen and oxygen atoms in total. The highest BCUT2D eigenvalue weighted by Crippen LogP contribution is 2.24. The van der Waals surface area contributed by atoms with Crippen LogP contribution < -0.4 is 0 Å². The minimum Gasteiger partial charge on any atom is -0.438 e. The fourth-order valence-corrected chi connectivity index (χ4v) is 1.60. The zero-order chi connectivity index (χ0) is 10.8. The number of hydrogen-bond acceptors (Lipinski definition) is 3. The van der Waals surface area contributed by atoms with Crippen molar-refractivity contribution in [1.82, 2.24) is 4.98 Å². The first-order valence-corrected chi connectivity index (χ1v) is 5.18. The first kappa shape index (κ1) is 10.1. The van der Waals surface area contributed by atoms with Crippen LogP contribution in [0.25, 0.3) is 11.3 Å². The van der Waals surface area contributed by atoms with E-state index in [0.717, 1.165) is 10.0 Å². The first-order chi connectivity index (χ1) is 7.20. The third-order valence-electron chi connectivity index (χ3n) is 1.99. The molecule has 1 aromatic carbocycles. The van der Waals surface area contributed by atoms with E-state index in [-0.39, 0.29) is 5.76 Å². The standard InChI is InChI=1S/C11H8BrNO2/c1-7-13-11(10(6-14)15-7)8-2-4-9(12)5-3-8/h2-6H,1H3. The summed E-state index contributed by atoms with van der Waals surface area (Å²) in [5.41, 5.74) is 1.46. The second kappa shape index (κ2) is 3.98. The summed E-state index contributed by atoms with van der Waals surface area (Å²) in [4.78, 5) is 14.9. The van der Waals surface area contributed by atoms with Crippen molar-refractivity contribution in [3.05, 3.63) is 40.4 Å². The van der Waals surface area contributed by atoms with Crippen molar-refractivity contribution in [2.75, 3.05) is 0 Å². The van der Waals surface area contributed by atoms with Crippen molar-refractivity contribution < 1.29 is 9.21 Å². The molecule has 0 saturated heterocycles. The number of aryl methyl sites for hydroxylation is 1. The smallest absolute Gasteiger partial charge is 0.195 e. The van der Waals surface area contributed by atoms with E-state index in [9.17, 15) is 4.79 Å². The molecule has 4 heteroatoms. The molecular weight excluding hydrogens is 258 g/mol. The maximum absolute atomic E-state index is 10.7. The van der Waals surface area contributed by atoms with Gasteiger partial charge in [-0.05, 0) is 12.1 Å². The molecule has 0 atom stereocenters. The Morgan fingerprint density at radius 3 is 2.60 bits per heavy atom. The molecule has 1 aromatic heterocycles. The number of rotatable bonds is 2. The van der Waals surface area contributed by atoms with E-state index < -0.39 is 0 Å². The second-order valence-electron chi connectivity index (χ2n) is 3.07. The van der Waals surface area contributed by atoms with Gasteiger partial charge >= 0.3 is 0 Å². The van der Waals surface area contributed by atoms with Gasteiger partial charge < -0.3 is 4.42 Å². The average Bonchev–Trinajstić information content (AvgIpc) is 2.61. The molecule has 15 heavy (non-hydrogen) atoms. The summed E-state index contributed by atoms with van der Waals surface area (Å²) in [6.07, 6.45) is 0.678. The Hall–Kier alpha value is -1.42. The van der Waals surface area contributed by atoms with Gasteiger partial charge in [-0.3, -0.25) is 4.79 Å². The topological polar surface area (TPSA) is 43.1 Å². The van der Waals surface area contributed by atoms with Gasteiger partial charge in [0.15, 0.2) is 17.9 Å². The van der Waals surface area contributed by atoms with Gasteiger partial charge in [-0.25, -0.2) is 4.98 Å². The lowest BCUT2D eigenvalue weighted by Gasteiger charge is -1.96. The fourth-order valence-electron chi connectivity index (χ4n) is 1.34. The van der Waals surface area contributed by atoms with E-state index in [1.165, 1.54) is 0 Å². The van der Waals surface area contributed by atoms with Crippen molar-refractivity contribution in [3.63, 3.8) is 0 Å². The number of nitrogens with zero attached hydrogens (tertiary/aromatic N) is 1. The highest BCUT2D eigenvalue weighted by molar-refractivity contribution is 9.10. The van der Waals surface area contributed by atoms with Gasteiger partial charge in [0.1, 0.15) is 5.69 Å². The van der Waals surface area contributed by atoms with Crippen LogP contribution in [0.1, 0.15) is 16.4 Å². The zero-order valence-electron chi connectivity index (χ0n) is 8.03. The zero-order valence-corrected chi connectivity index (χ0v) is 9.61. The average molecular weight is 266 g/mol. The Balaban J connectivity index is 2.52. The molecule has 2 aromatic rings. The van der Waals surface area contributed by atoms with Gasteiger partial charge in [0.2, 0.25) is 0 Å². The molecule has 1 heterocycles. The van der Waals surface area contributed by atoms with Crippen LogP contribution in [0.2, 0.25) is 0 Å². The molecule has 0 aliphatic carbocycles. The number of carbonyl (C=O) groups is 1. The lowest BCUT2D eigenvalue weighted by molar-refractivity contribution is 0.110. The molecule has 0 fully saturated rings. The summed E-state index contributed by atoms with van der Waals surface area (Å²) in [7, 11) is 0. The van der Waals surface area contributed by atoms with Crippen LogP contribution in [0, 0.1) is 6.92 Å². The van der Waals surface area contributed by atoms with Gasteiger partial charge in [-0.1, -0.05) is 28.1 Å². The fraction of sp³-hybridized carbons (Fsp3) is 0.0909. The normalized spacial score (nSPS) is 10.3. The van der Waals surface area contributed by atoms with Crippen molar-refractivity contribution >= 4 is 22.2 Å². The summed E-state index contributed by atoms with van der Waals surface area (Å²) < 4.78 is 6.14. The van der Waals surface area contributed by atoms with Crippen LogP contribution in [0.5, 0.6) is 0 Å². The number of aromatic nitrogens is 1. The summed E-state index contributed by atoms with van der Waals surface area (Å²) in [6, 6.07) is 7.56. The Bertz CT molecular complexity index is 488. The second-order valence-corrected chi connectivity index (χ2v) is 3.99. The van der Waals surface area contributed by atoms with Gasteiger partial charge in [-0.2, -0.15) is 0 Å². The molecule has 0 radical (unpaired) electrons. The lowest BCUT2D eigenvalue weighted by Crippen LogP contribution is -1.83. The van der Waals surface area contributed by atoms with E-state index in [1.807, 2.05) is 24.3 Å². The van der Waals surface area contributed by atoms with Crippen molar-refractivity contribution in [3.8, 4) is 11.3 Å². The van der Waals surface area contributed by atoms with Crippen LogP contribution in [-0.2, 0) is 0 Å². The van der Waals surface area contributed by atoms with E-state index in [4.69, 9.17) is 4.42 Å². The molecule has 0 amide bonds. The number of benzene rings is 1. The maximum atomic E-state index is 10.7. The quantitative estimate of drug-likeness (QED) is 0.784. The highest BCUT2D eigenvalue weighted by atomic mass is 79.9. The van der Waals surface area contributed by atoms with Gasteiger partial charge in [0.05, 0.1) is 0 Å². The third-order valence-corrected chi connectivity index (χ3v) is 2.51. The third kappa shape index (κ3) is 1.99. The number of hydrogen-bond donors (Lipinski definition) is 0. The SMILES string of the molecule is Cc1nc(-c2ccc(Br)cc2)c(C=O)o1. The first-order valence-electron chi connectivity index (χ1n) is 4.39. The predicted molar refractivity (Wildman–Crippen MR) is 59.8 cm³/mol. The summed E-state index contributed by atoms with van der Waals surface area (Å²) in [5, 5.41) is 0. The molecule has 0 saturated carbocycles. The van der Waals surface area contributed by atoms with E-state index in [1.54, 1.807) is 6.92 Å².